The van der Waals surface area contributed by atoms with E-state index >= 15 is 0 Å². The fraction of sp³-hybridized carbons (Fsp3) is 0. The van der Waals surface area contributed by atoms with Gasteiger partial charge in [-0.15, -0.1) is 0 Å². The van der Waals surface area contributed by atoms with Crippen LogP contribution >= 0.6 is 0 Å². The molecule has 0 heterocycles. The van der Waals surface area contributed by atoms with E-state index in [0.717, 1.165) is 0 Å². The number of hydrogen-bond donors (Lipinski definition) is 0. The first kappa shape index (κ1) is 29.2. The van der Waals surface area contributed by atoms with E-state index in [2.05, 4.69) is 0 Å². The molecule has 2 N–H and O–H groups in total. The molecule has 0 aromatic heterocycles. The molecule has 0 atom stereocenters. The first-order valence-electron chi connectivity index (χ1n) is 1.33. The SMILES string of the molecule is O.O=S(=O)([O-])[O-].O=S(=O)([O-])[O-].[Fe+2].[Fe+2]. The minimum absolute atomic E-state index is 0. The summed E-state index contributed by atoms with van der Waals surface area (Å²) in [5.41, 5.74) is 0. The van der Waals surface area contributed by atoms with Gasteiger partial charge in [0.05, 0.1) is 0 Å². The van der Waals surface area contributed by atoms with E-state index in [1.807, 2.05) is 0 Å². The Labute approximate surface area is 95.3 Å². The average molecular weight is 322 g/mol. The van der Waals surface area contributed by atoms with Gasteiger partial charge in [-0.3, -0.25) is 16.8 Å². The van der Waals surface area contributed by atoms with Crippen LogP contribution in [0.3, 0.4) is 0 Å². The van der Waals surface area contributed by atoms with Crippen molar-refractivity contribution in [2.45, 2.75) is 0 Å². The molecule has 0 saturated carbocycles. The fourth-order valence-electron chi connectivity index (χ4n) is 0. The number of hydrogen-bond acceptors (Lipinski definition) is 8. The van der Waals surface area contributed by atoms with Crippen LogP contribution < -0.4 is 0 Å². The Morgan fingerprint density at radius 1 is 0.615 bits per heavy atom. The van der Waals surface area contributed by atoms with Crippen LogP contribution in [0.5, 0.6) is 0 Å². The molecule has 0 radical (unpaired) electrons. The Hall–Kier alpha value is 0.739. The van der Waals surface area contributed by atoms with Crippen molar-refractivity contribution in [1.29, 1.82) is 0 Å². The summed E-state index contributed by atoms with van der Waals surface area (Å²) in [6.07, 6.45) is 0. The van der Waals surface area contributed by atoms with E-state index in [4.69, 9.17) is 35.0 Å². The predicted molar refractivity (Wildman–Crippen MR) is 24.6 cm³/mol. The minimum Gasteiger partial charge on any atom is -0.759 e. The fourth-order valence-corrected chi connectivity index (χ4v) is 0. The average Bonchev–Trinajstić information content (AvgIpc) is 1.12. The molecule has 0 aliphatic rings. The van der Waals surface area contributed by atoms with Crippen LogP contribution in [-0.2, 0) is 54.9 Å². The summed E-state index contributed by atoms with van der Waals surface area (Å²) in [4.78, 5) is 0. The molecule has 0 aromatic rings. The van der Waals surface area contributed by atoms with Crippen LogP contribution in [0.25, 0.3) is 0 Å². The van der Waals surface area contributed by atoms with Gasteiger partial charge in [-0.2, -0.15) is 0 Å². The molecule has 0 saturated heterocycles. The molecule has 0 amide bonds. The minimum atomic E-state index is -5.17. The molecule has 0 aliphatic carbocycles. The third kappa shape index (κ3) is 2690. The van der Waals surface area contributed by atoms with Crippen molar-refractivity contribution >= 4 is 20.8 Å². The Bertz CT molecular complexity index is 212. The van der Waals surface area contributed by atoms with Crippen molar-refractivity contribution in [3.05, 3.63) is 0 Å². The maximum atomic E-state index is 8.52. The van der Waals surface area contributed by atoms with Crippen molar-refractivity contribution in [2.75, 3.05) is 0 Å². The van der Waals surface area contributed by atoms with Gasteiger partial charge in [0.15, 0.2) is 0 Å². The van der Waals surface area contributed by atoms with Gasteiger partial charge in [0.1, 0.15) is 0 Å². The predicted octanol–water partition coefficient (Wildman–Crippen LogP) is -3.51. The van der Waals surface area contributed by atoms with Gasteiger partial charge in [-0.1, -0.05) is 0 Å². The molecule has 0 bridgehead atoms. The maximum absolute atomic E-state index is 8.52. The standard InChI is InChI=1S/2Fe.2H2O4S.H2O/c;;2*1-5(2,3)4;/h;;2*(H2,1,2,3,4);1H2/q2*+2;;;/p-4. The molecule has 84 valence electrons. The van der Waals surface area contributed by atoms with E-state index in [0.29, 0.717) is 0 Å². The van der Waals surface area contributed by atoms with E-state index < -0.39 is 20.8 Å². The van der Waals surface area contributed by atoms with E-state index in [-0.39, 0.29) is 39.6 Å². The van der Waals surface area contributed by atoms with Crippen LogP contribution in [0.4, 0.5) is 0 Å². The monoisotopic (exact) mass is 322 g/mol. The van der Waals surface area contributed by atoms with Crippen LogP contribution in [0.1, 0.15) is 0 Å². The molecule has 13 heavy (non-hydrogen) atoms. The van der Waals surface area contributed by atoms with Crippen molar-refractivity contribution in [1.82, 2.24) is 0 Å². The third-order valence-corrected chi connectivity index (χ3v) is 0. The van der Waals surface area contributed by atoms with Gasteiger partial charge >= 0.3 is 34.1 Å². The zero-order valence-corrected chi connectivity index (χ0v) is 9.13. The van der Waals surface area contributed by atoms with E-state index in [1.54, 1.807) is 0 Å². The van der Waals surface area contributed by atoms with Gasteiger partial charge in [0.25, 0.3) is 0 Å². The van der Waals surface area contributed by atoms with Gasteiger partial charge < -0.3 is 23.7 Å². The number of rotatable bonds is 0. The zero-order chi connectivity index (χ0) is 9.00. The zero-order valence-electron chi connectivity index (χ0n) is 5.29. The molecule has 0 spiro atoms. The summed E-state index contributed by atoms with van der Waals surface area (Å²) in [7, 11) is -10.3. The summed E-state index contributed by atoms with van der Waals surface area (Å²) < 4.78 is 68.2. The normalized spacial score (nSPS) is 8.92. The summed E-state index contributed by atoms with van der Waals surface area (Å²) >= 11 is 0. The van der Waals surface area contributed by atoms with Crippen LogP contribution in [0.15, 0.2) is 0 Å². The first-order chi connectivity index (χ1) is 4.00. The topological polar surface area (TPSA) is 192 Å². The first-order valence-corrected chi connectivity index (χ1v) is 4.00. The Balaban J connectivity index is -0.0000000267. The van der Waals surface area contributed by atoms with Crippen molar-refractivity contribution in [3.63, 3.8) is 0 Å². The van der Waals surface area contributed by atoms with Crippen molar-refractivity contribution in [3.8, 4) is 0 Å². The van der Waals surface area contributed by atoms with Gasteiger partial charge in [0.2, 0.25) is 0 Å². The Morgan fingerprint density at radius 2 is 0.615 bits per heavy atom. The smallest absolute Gasteiger partial charge is 0.759 e. The van der Waals surface area contributed by atoms with Crippen LogP contribution in [0.2, 0.25) is 0 Å². The Morgan fingerprint density at radius 3 is 0.615 bits per heavy atom. The molecule has 0 unspecified atom stereocenters. The van der Waals surface area contributed by atoms with Crippen LogP contribution in [0, 0.1) is 0 Å². The van der Waals surface area contributed by atoms with Crippen molar-refractivity contribution < 1.29 is 74.7 Å². The maximum Gasteiger partial charge on any atom is 2.00 e. The summed E-state index contributed by atoms with van der Waals surface area (Å²) in [5.74, 6) is 0. The van der Waals surface area contributed by atoms with E-state index in [9.17, 15) is 0 Å². The van der Waals surface area contributed by atoms with Crippen LogP contribution in [-0.4, -0.2) is 40.5 Å². The van der Waals surface area contributed by atoms with Gasteiger partial charge in [-0.25, -0.2) is 0 Å². The second-order valence-corrected chi connectivity index (χ2v) is 2.45. The Kier molecular flexibility index (Phi) is 24.3. The largest absolute Gasteiger partial charge is 2.00 e. The summed E-state index contributed by atoms with van der Waals surface area (Å²) in [5, 5.41) is 0. The van der Waals surface area contributed by atoms with Gasteiger partial charge in [0, 0.05) is 20.8 Å². The van der Waals surface area contributed by atoms with Gasteiger partial charge in [-0.05, 0) is 0 Å². The molecule has 0 aromatic carbocycles. The molecule has 0 rings (SSSR count). The third-order valence-electron chi connectivity index (χ3n) is 0. The quantitative estimate of drug-likeness (QED) is 0.249. The summed E-state index contributed by atoms with van der Waals surface area (Å²) in [6, 6.07) is 0. The molecule has 13 heteroatoms. The molecule has 0 aliphatic heterocycles. The van der Waals surface area contributed by atoms with E-state index in [1.165, 1.54) is 0 Å². The second-order valence-electron chi connectivity index (χ2n) is 0.816. The molecule has 0 fully saturated rings. The molecular formula is H2Fe2O9S2. The summed E-state index contributed by atoms with van der Waals surface area (Å²) in [6.45, 7) is 0. The molecular weight excluding hydrogens is 320 g/mol. The second kappa shape index (κ2) is 10.8. The van der Waals surface area contributed by atoms with Crippen molar-refractivity contribution in [2.24, 2.45) is 0 Å². The molecule has 9 nitrogen and oxygen atoms in total.